The molecule has 2 aromatic heterocycles. The van der Waals surface area contributed by atoms with Gasteiger partial charge in [-0.25, -0.2) is 4.98 Å². The molecule has 3 nitrogen and oxygen atoms in total. The first kappa shape index (κ1) is 13.2. The average molecular weight is 283 g/mol. The van der Waals surface area contributed by atoms with Gasteiger partial charge in [0.05, 0.1) is 11.0 Å². The Balaban J connectivity index is 2.14. The van der Waals surface area contributed by atoms with Crippen LogP contribution in [0.5, 0.6) is 0 Å². The van der Waals surface area contributed by atoms with Gasteiger partial charge in [0.2, 0.25) is 0 Å². The van der Waals surface area contributed by atoms with Crippen LogP contribution in [0.2, 0.25) is 0 Å². The number of nitrogens with zero attached hydrogens (tertiary/aromatic N) is 2. The number of hydrogen-bond donors (Lipinski definition) is 1. The monoisotopic (exact) mass is 283 g/mol. The molecule has 102 valence electrons. The van der Waals surface area contributed by atoms with Crippen LogP contribution in [-0.4, -0.2) is 16.5 Å². The number of aryl methyl sites for hydroxylation is 1. The zero-order valence-corrected chi connectivity index (χ0v) is 12.4. The molecule has 1 aromatic carbocycles. The fourth-order valence-corrected chi connectivity index (χ4v) is 3.36. The fourth-order valence-electron chi connectivity index (χ4n) is 2.48. The molecule has 0 amide bonds. The number of fused-ring (bicyclic) bond motifs is 1. The van der Waals surface area contributed by atoms with E-state index in [9.17, 15) is 0 Å². The van der Waals surface area contributed by atoms with Crippen LogP contribution in [0.1, 0.15) is 28.4 Å². The smallest absolute Gasteiger partial charge is 0.0897 e. The Morgan fingerprint density at radius 3 is 2.90 bits per heavy atom. The molecule has 0 aliphatic carbocycles. The molecular formula is C16H17N3S. The van der Waals surface area contributed by atoms with E-state index < -0.39 is 0 Å². The molecule has 0 aliphatic rings. The van der Waals surface area contributed by atoms with Crippen molar-refractivity contribution in [2.75, 3.05) is 6.54 Å². The minimum absolute atomic E-state index is 0.192. The Morgan fingerprint density at radius 2 is 2.15 bits per heavy atom. The molecule has 3 aromatic rings. The van der Waals surface area contributed by atoms with E-state index >= 15 is 0 Å². The van der Waals surface area contributed by atoms with Crippen molar-refractivity contribution in [3.05, 3.63) is 58.3 Å². The van der Waals surface area contributed by atoms with Crippen molar-refractivity contribution < 1.29 is 0 Å². The van der Waals surface area contributed by atoms with Crippen LogP contribution in [0.25, 0.3) is 10.8 Å². The summed E-state index contributed by atoms with van der Waals surface area (Å²) in [7, 11) is 0. The van der Waals surface area contributed by atoms with Crippen molar-refractivity contribution in [2.24, 2.45) is 0 Å². The molecule has 3 rings (SSSR count). The minimum atomic E-state index is 0.192. The van der Waals surface area contributed by atoms with Gasteiger partial charge in [-0.3, -0.25) is 4.98 Å². The van der Waals surface area contributed by atoms with Crippen LogP contribution in [0.15, 0.2) is 42.9 Å². The van der Waals surface area contributed by atoms with E-state index in [-0.39, 0.29) is 6.04 Å². The van der Waals surface area contributed by atoms with Crippen LogP contribution in [0, 0.1) is 6.92 Å². The molecule has 4 heteroatoms. The molecule has 1 N–H and O–H groups in total. The predicted octanol–water partition coefficient (Wildman–Crippen LogP) is 3.70. The lowest BCUT2D eigenvalue weighted by molar-refractivity contribution is 0.642. The maximum absolute atomic E-state index is 4.39. The van der Waals surface area contributed by atoms with Gasteiger partial charge >= 0.3 is 0 Å². The fraction of sp³-hybridized carbons (Fsp3) is 0.250. The molecule has 0 bridgehead atoms. The minimum Gasteiger partial charge on any atom is -0.306 e. The van der Waals surface area contributed by atoms with Crippen molar-refractivity contribution in [3.63, 3.8) is 0 Å². The van der Waals surface area contributed by atoms with Crippen molar-refractivity contribution in [2.45, 2.75) is 19.9 Å². The summed E-state index contributed by atoms with van der Waals surface area (Å²) in [5.74, 6) is 0. The Bertz CT molecular complexity index is 715. The normalized spacial score (nSPS) is 12.7. The lowest BCUT2D eigenvalue weighted by Gasteiger charge is -2.18. The summed E-state index contributed by atoms with van der Waals surface area (Å²) in [4.78, 5) is 9.86. The third-order valence-corrected chi connectivity index (χ3v) is 4.34. The highest BCUT2D eigenvalue weighted by atomic mass is 32.1. The van der Waals surface area contributed by atoms with Crippen molar-refractivity contribution in [1.29, 1.82) is 0 Å². The van der Waals surface area contributed by atoms with Gasteiger partial charge in [0.1, 0.15) is 0 Å². The summed E-state index contributed by atoms with van der Waals surface area (Å²) < 4.78 is 0. The van der Waals surface area contributed by atoms with Crippen LogP contribution >= 0.6 is 11.3 Å². The van der Waals surface area contributed by atoms with E-state index in [2.05, 4.69) is 46.5 Å². The second-order valence-corrected chi connectivity index (χ2v) is 5.98. The molecule has 0 saturated carbocycles. The summed E-state index contributed by atoms with van der Waals surface area (Å²) in [5, 5.41) is 7.10. The third kappa shape index (κ3) is 2.44. The number of hydrogen-bond acceptors (Lipinski definition) is 4. The van der Waals surface area contributed by atoms with Gasteiger partial charge in [-0.15, -0.1) is 11.3 Å². The number of benzene rings is 1. The van der Waals surface area contributed by atoms with Crippen LogP contribution in [0.4, 0.5) is 0 Å². The third-order valence-electron chi connectivity index (χ3n) is 3.36. The second kappa shape index (κ2) is 5.69. The van der Waals surface area contributed by atoms with Gasteiger partial charge in [0.25, 0.3) is 0 Å². The average Bonchev–Trinajstić information content (AvgIpc) is 2.91. The summed E-state index contributed by atoms with van der Waals surface area (Å²) in [5.41, 5.74) is 1.29. The van der Waals surface area contributed by atoms with Crippen molar-refractivity contribution >= 4 is 22.1 Å². The summed E-state index contributed by atoms with van der Waals surface area (Å²) in [6.07, 6.45) is 5.75. The summed E-state index contributed by atoms with van der Waals surface area (Å²) in [6, 6.07) is 8.66. The second-order valence-electron chi connectivity index (χ2n) is 4.72. The molecule has 0 saturated heterocycles. The van der Waals surface area contributed by atoms with E-state index in [1.54, 1.807) is 11.3 Å². The van der Waals surface area contributed by atoms with Gasteiger partial charge in [-0.05, 0) is 30.5 Å². The first-order valence-electron chi connectivity index (χ1n) is 6.78. The van der Waals surface area contributed by atoms with Gasteiger partial charge < -0.3 is 5.32 Å². The maximum atomic E-state index is 4.39. The van der Waals surface area contributed by atoms with E-state index in [0.717, 1.165) is 11.6 Å². The lowest BCUT2D eigenvalue weighted by Crippen LogP contribution is -2.21. The van der Waals surface area contributed by atoms with Gasteiger partial charge in [0, 0.05) is 28.9 Å². The van der Waals surface area contributed by atoms with Crippen LogP contribution < -0.4 is 5.32 Å². The van der Waals surface area contributed by atoms with E-state index in [1.807, 2.05) is 25.5 Å². The first-order valence-corrected chi connectivity index (χ1v) is 7.59. The quantitative estimate of drug-likeness (QED) is 0.793. The Labute approximate surface area is 122 Å². The van der Waals surface area contributed by atoms with Crippen molar-refractivity contribution in [3.8, 4) is 0 Å². The molecule has 1 unspecified atom stereocenters. The number of aromatic nitrogens is 2. The Morgan fingerprint density at radius 1 is 1.25 bits per heavy atom. The molecule has 2 heterocycles. The van der Waals surface area contributed by atoms with E-state index in [1.165, 1.54) is 21.2 Å². The first-order chi connectivity index (χ1) is 9.79. The van der Waals surface area contributed by atoms with Gasteiger partial charge in [-0.2, -0.15) is 0 Å². The topological polar surface area (TPSA) is 37.8 Å². The largest absolute Gasteiger partial charge is 0.306 e. The molecule has 20 heavy (non-hydrogen) atoms. The zero-order valence-electron chi connectivity index (χ0n) is 11.6. The Hall–Kier alpha value is -1.78. The number of pyridine rings is 1. The van der Waals surface area contributed by atoms with Crippen LogP contribution in [-0.2, 0) is 0 Å². The standard InChI is InChI=1S/C16H17N3S/c1-3-18-16(15-10-19-11(2)20-15)14-6-4-5-12-9-17-8-7-13(12)14/h4-10,16,18H,3H2,1-2H3. The summed E-state index contributed by atoms with van der Waals surface area (Å²) in [6.45, 7) is 5.10. The van der Waals surface area contributed by atoms with E-state index in [4.69, 9.17) is 0 Å². The van der Waals surface area contributed by atoms with Crippen LogP contribution in [0.3, 0.4) is 0 Å². The van der Waals surface area contributed by atoms with Crippen molar-refractivity contribution in [1.82, 2.24) is 15.3 Å². The molecule has 0 spiro atoms. The molecule has 0 radical (unpaired) electrons. The SMILES string of the molecule is CCNC(c1cnc(C)s1)c1cccc2cnccc12. The number of nitrogens with one attached hydrogen (secondary N) is 1. The molecular weight excluding hydrogens is 266 g/mol. The lowest BCUT2D eigenvalue weighted by atomic mass is 9.99. The van der Waals surface area contributed by atoms with E-state index in [0.29, 0.717) is 0 Å². The highest BCUT2D eigenvalue weighted by Gasteiger charge is 2.17. The highest BCUT2D eigenvalue weighted by molar-refractivity contribution is 7.11. The number of rotatable bonds is 4. The zero-order chi connectivity index (χ0) is 13.9. The highest BCUT2D eigenvalue weighted by Crippen LogP contribution is 2.31. The van der Waals surface area contributed by atoms with Gasteiger partial charge in [0.15, 0.2) is 0 Å². The maximum Gasteiger partial charge on any atom is 0.0897 e. The Kier molecular flexibility index (Phi) is 3.76. The number of thiazole rings is 1. The molecule has 0 fully saturated rings. The molecule has 1 atom stereocenters. The molecule has 0 aliphatic heterocycles. The van der Waals surface area contributed by atoms with Gasteiger partial charge in [-0.1, -0.05) is 25.1 Å². The predicted molar refractivity (Wildman–Crippen MR) is 84.1 cm³/mol. The summed E-state index contributed by atoms with van der Waals surface area (Å²) >= 11 is 1.75.